The van der Waals surface area contributed by atoms with Crippen LogP contribution in [0.15, 0.2) is 41.1 Å². The number of anilines is 1. The third-order valence-corrected chi connectivity index (χ3v) is 3.32. The van der Waals surface area contributed by atoms with Crippen molar-refractivity contribution in [3.05, 3.63) is 57.8 Å². The smallest absolute Gasteiger partial charge is 0.337 e. The van der Waals surface area contributed by atoms with Gasteiger partial charge in [-0.05, 0) is 58.7 Å². The lowest BCUT2D eigenvalue weighted by Gasteiger charge is -2.10. The van der Waals surface area contributed by atoms with Gasteiger partial charge >= 0.3 is 5.97 Å². The van der Waals surface area contributed by atoms with E-state index in [1.54, 1.807) is 36.5 Å². The fourth-order valence-corrected chi connectivity index (χ4v) is 2.15. The van der Waals surface area contributed by atoms with Gasteiger partial charge in [0, 0.05) is 17.4 Å². The van der Waals surface area contributed by atoms with Crippen LogP contribution < -0.4 is 5.32 Å². The van der Waals surface area contributed by atoms with Crippen molar-refractivity contribution in [3.63, 3.8) is 0 Å². The summed E-state index contributed by atoms with van der Waals surface area (Å²) >= 11 is 3.22. The molecule has 2 rings (SSSR count). The van der Waals surface area contributed by atoms with Gasteiger partial charge in [0.05, 0.1) is 12.7 Å². The highest BCUT2D eigenvalue weighted by molar-refractivity contribution is 9.10. The Kier molecular flexibility index (Phi) is 4.70. The van der Waals surface area contributed by atoms with Crippen LogP contribution >= 0.6 is 15.9 Å². The lowest BCUT2D eigenvalue weighted by atomic mass is 10.1. The van der Waals surface area contributed by atoms with E-state index in [-0.39, 0.29) is 5.91 Å². The molecule has 1 amide bonds. The second-order valence-corrected chi connectivity index (χ2v) is 5.16. The number of halogens is 1. The fraction of sp³-hybridized carbons (Fsp3) is 0.133. The molecule has 5 nitrogen and oxygen atoms in total. The number of carbonyl (C=O) groups is 2. The standard InChI is InChI=1S/C15H13BrN2O3/c1-9-7-11(15(20)21-2)3-4-12(9)18-14(19)10-5-6-17-13(16)8-10/h3-8H,1-2H3,(H,18,19). The van der Waals surface area contributed by atoms with Gasteiger partial charge in [0.15, 0.2) is 0 Å². The summed E-state index contributed by atoms with van der Waals surface area (Å²) in [6.07, 6.45) is 1.55. The molecule has 6 heteroatoms. The normalized spacial score (nSPS) is 10.0. The molecule has 1 aromatic carbocycles. The summed E-state index contributed by atoms with van der Waals surface area (Å²) in [6, 6.07) is 8.21. The summed E-state index contributed by atoms with van der Waals surface area (Å²) in [5.74, 6) is -0.652. The van der Waals surface area contributed by atoms with Crippen LogP contribution in [0.25, 0.3) is 0 Å². The zero-order valence-electron chi connectivity index (χ0n) is 11.5. The minimum Gasteiger partial charge on any atom is -0.465 e. The maximum atomic E-state index is 12.1. The summed E-state index contributed by atoms with van der Waals surface area (Å²) in [4.78, 5) is 27.6. The first kappa shape index (κ1) is 15.2. The van der Waals surface area contributed by atoms with Crippen LogP contribution in [-0.2, 0) is 4.74 Å². The number of rotatable bonds is 3. The number of ether oxygens (including phenoxy) is 1. The molecule has 0 radical (unpaired) electrons. The van der Waals surface area contributed by atoms with Crippen LogP contribution in [0, 0.1) is 6.92 Å². The van der Waals surface area contributed by atoms with Crippen LogP contribution in [-0.4, -0.2) is 24.0 Å². The molecule has 108 valence electrons. The van der Waals surface area contributed by atoms with E-state index in [0.29, 0.717) is 21.4 Å². The lowest BCUT2D eigenvalue weighted by molar-refractivity contribution is 0.0600. The van der Waals surface area contributed by atoms with Crippen LogP contribution in [0.3, 0.4) is 0 Å². The van der Waals surface area contributed by atoms with Crippen LogP contribution in [0.2, 0.25) is 0 Å². The Morgan fingerprint density at radius 3 is 2.57 bits per heavy atom. The van der Waals surface area contributed by atoms with Crippen molar-refractivity contribution in [2.24, 2.45) is 0 Å². The summed E-state index contributed by atoms with van der Waals surface area (Å²) in [5.41, 5.74) is 2.35. The maximum absolute atomic E-state index is 12.1. The molecule has 0 saturated carbocycles. The summed E-state index contributed by atoms with van der Waals surface area (Å²) in [7, 11) is 1.33. The second-order valence-electron chi connectivity index (χ2n) is 4.34. The molecule has 1 heterocycles. The number of methoxy groups -OCH3 is 1. The molecule has 0 fully saturated rings. The van der Waals surface area contributed by atoms with E-state index in [0.717, 1.165) is 5.56 Å². The first-order chi connectivity index (χ1) is 10.0. The molecule has 1 aromatic heterocycles. The van der Waals surface area contributed by atoms with Gasteiger partial charge < -0.3 is 10.1 Å². The Bertz CT molecular complexity index is 701. The number of amides is 1. The van der Waals surface area contributed by atoms with Crippen molar-refractivity contribution in [2.45, 2.75) is 6.92 Å². The van der Waals surface area contributed by atoms with Gasteiger partial charge in [-0.25, -0.2) is 9.78 Å². The zero-order chi connectivity index (χ0) is 15.4. The Labute approximate surface area is 130 Å². The van der Waals surface area contributed by atoms with Gasteiger partial charge in [0.1, 0.15) is 4.60 Å². The van der Waals surface area contributed by atoms with E-state index in [1.807, 2.05) is 6.92 Å². The molecule has 0 unspecified atom stereocenters. The zero-order valence-corrected chi connectivity index (χ0v) is 13.1. The number of esters is 1. The monoisotopic (exact) mass is 348 g/mol. The fourth-order valence-electron chi connectivity index (χ4n) is 1.79. The van der Waals surface area contributed by atoms with Crippen molar-refractivity contribution in [1.29, 1.82) is 0 Å². The first-order valence-electron chi connectivity index (χ1n) is 6.13. The number of hydrogen-bond acceptors (Lipinski definition) is 4. The van der Waals surface area contributed by atoms with Crippen molar-refractivity contribution >= 4 is 33.5 Å². The molecule has 0 aliphatic carbocycles. The van der Waals surface area contributed by atoms with Crippen LogP contribution in [0.5, 0.6) is 0 Å². The third kappa shape index (κ3) is 3.66. The van der Waals surface area contributed by atoms with E-state index in [4.69, 9.17) is 0 Å². The van der Waals surface area contributed by atoms with Gasteiger partial charge in [-0.15, -0.1) is 0 Å². The molecule has 0 aliphatic heterocycles. The number of nitrogens with one attached hydrogen (secondary N) is 1. The Morgan fingerprint density at radius 1 is 1.19 bits per heavy atom. The van der Waals surface area contributed by atoms with Gasteiger partial charge in [-0.1, -0.05) is 0 Å². The molecule has 0 bridgehead atoms. The number of aromatic nitrogens is 1. The highest BCUT2D eigenvalue weighted by Crippen LogP contribution is 2.18. The average molecular weight is 349 g/mol. The summed E-state index contributed by atoms with van der Waals surface area (Å²) < 4.78 is 5.25. The molecule has 1 N–H and O–H groups in total. The maximum Gasteiger partial charge on any atom is 0.337 e. The molecule has 0 aliphatic rings. The quantitative estimate of drug-likeness (QED) is 0.683. The van der Waals surface area contributed by atoms with Crippen molar-refractivity contribution in [3.8, 4) is 0 Å². The van der Waals surface area contributed by atoms with Crippen molar-refractivity contribution in [2.75, 3.05) is 12.4 Å². The molecule has 0 atom stereocenters. The van der Waals surface area contributed by atoms with Gasteiger partial charge in [-0.2, -0.15) is 0 Å². The number of aryl methyl sites for hydroxylation is 1. The average Bonchev–Trinajstić information content (AvgIpc) is 2.48. The number of carbonyl (C=O) groups excluding carboxylic acids is 2. The van der Waals surface area contributed by atoms with E-state index >= 15 is 0 Å². The first-order valence-corrected chi connectivity index (χ1v) is 6.92. The molecular weight excluding hydrogens is 336 g/mol. The summed E-state index contributed by atoms with van der Waals surface area (Å²) in [6.45, 7) is 1.81. The number of nitrogens with zero attached hydrogens (tertiary/aromatic N) is 1. The predicted octanol–water partition coefficient (Wildman–Crippen LogP) is 3.19. The van der Waals surface area contributed by atoms with E-state index in [9.17, 15) is 9.59 Å². The Balaban J connectivity index is 2.20. The number of benzene rings is 1. The summed E-state index contributed by atoms with van der Waals surface area (Å²) in [5, 5.41) is 2.80. The van der Waals surface area contributed by atoms with Crippen LogP contribution in [0.1, 0.15) is 26.3 Å². The SMILES string of the molecule is COC(=O)c1ccc(NC(=O)c2ccnc(Br)c2)c(C)c1. The van der Waals surface area contributed by atoms with Crippen molar-refractivity contribution < 1.29 is 14.3 Å². The highest BCUT2D eigenvalue weighted by atomic mass is 79.9. The molecule has 0 spiro atoms. The van der Waals surface area contributed by atoms with E-state index in [1.165, 1.54) is 7.11 Å². The topological polar surface area (TPSA) is 68.3 Å². The number of pyridine rings is 1. The highest BCUT2D eigenvalue weighted by Gasteiger charge is 2.11. The largest absolute Gasteiger partial charge is 0.465 e. The van der Waals surface area contributed by atoms with Crippen molar-refractivity contribution in [1.82, 2.24) is 4.98 Å². The third-order valence-electron chi connectivity index (χ3n) is 2.88. The minimum absolute atomic E-state index is 0.244. The van der Waals surface area contributed by atoms with Gasteiger partial charge in [0.2, 0.25) is 0 Å². The minimum atomic E-state index is -0.408. The van der Waals surface area contributed by atoms with Crippen LogP contribution in [0.4, 0.5) is 5.69 Å². The Morgan fingerprint density at radius 2 is 1.95 bits per heavy atom. The predicted molar refractivity (Wildman–Crippen MR) is 82.4 cm³/mol. The second kappa shape index (κ2) is 6.49. The van der Waals surface area contributed by atoms with E-state index in [2.05, 4.69) is 31.0 Å². The molecule has 21 heavy (non-hydrogen) atoms. The van der Waals surface area contributed by atoms with Gasteiger partial charge in [0.25, 0.3) is 5.91 Å². The molecule has 2 aromatic rings. The Hall–Kier alpha value is -2.21. The van der Waals surface area contributed by atoms with E-state index < -0.39 is 5.97 Å². The lowest BCUT2D eigenvalue weighted by Crippen LogP contribution is -2.13. The molecular formula is C15H13BrN2O3. The number of hydrogen-bond donors (Lipinski definition) is 1. The molecule has 0 saturated heterocycles. The van der Waals surface area contributed by atoms with Gasteiger partial charge in [-0.3, -0.25) is 4.79 Å².